The summed E-state index contributed by atoms with van der Waals surface area (Å²) < 4.78 is 36.0. The number of carbonyl (C=O) groups excluding carboxylic acids is 1. The van der Waals surface area contributed by atoms with E-state index in [1.807, 2.05) is 0 Å². The van der Waals surface area contributed by atoms with E-state index in [1.54, 1.807) is 23.9 Å². The molecular formula is C13H11F2N3O3. The summed E-state index contributed by atoms with van der Waals surface area (Å²) in [6.45, 7) is 1.85. The number of nitrogens with zero attached hydrogens (tertiary/aromatic N) is 2. The summed E-state index contributed by atoms with van der Waals surface area (Å²) in [7, 11) is 0. The van der Waals surface area contributed by atoms with Gasteiger partial charge in [0.05, 0.1) is 0 Å². The number of carbonyl (C=O) groups is 1. The van der Waals surface area contributed by atoms with E-state index in [-0.39, 0.29) is 24.0 Å². The first-order chi connectivity index (χ1) is 9.93. The predicted octanol–water partition coefficient (Wildman–Crippen LogP) is 2.15. The number of hydrogen-bond donors (Lipinski definition) is 1. The number of anilines is 1. The first-order valence-corrected chi connectivity index (χ1v) is 6.10. The van der Waals surface area contributed by atoms with Crippen molar-refractivity contribution in [2.24, 2.45) is 0 Å². The molecule has 1 aromatic carbocycles. The van der Waals surface area contributed by atoms with Gasteiger partial charge in [-0.25, -0.2) is 4.98 Å². The third-order valence-corrected chi connectivity index (χ3v) is 2.92. The Hall–Kier alpha value is -2.64. The number of aryl methyl sites for hydroxylation is 1. The second kappa shape index (κ2) is 4.72. The van der Waals surface area contributed by atoms with E-state index in [1.165, 1.54) is 18.2 Å². The largest absolute Gasteiger partial charge is 0.586 e. The molecule has 21 heavy (non-hydrogen) atoms. The van der Waals surface area contributed by atoms with E-state index in [0.29, 0.717) is 11.5 Å². The van der Waals surface area contributed by atoms with Gasteiger partial charge in [-0.3, -0.25) is 4.79 Å². The van der Waals surface area contributed by atoms with Gasteiger partial charge in [0.2, 0.25) is 5.91 Å². The Labute approximate surface area is 118 Å². The number of ether oxygens (including phenoxy) is 2. The number of alkyl halides is 2. The first-order valence-electron chi connectivity index (χ1n) is 6.10. The van der Waals surface area contributed by atoms with E-state index >= 15 is 0 Å². The summed E-state index contributed by atoms with van der Waals surface area (Å²) in [5.41, 5.74) is 0.345. The van der Waals surface area contributed by atoms with Crippen LogP contribution in [-0.2, 0) is 11.3 Å². The average Bonchev–Trinajstić information content (AvgIpc) is 2.91. The van der Waals surface area contributed by atoms with Crippen molar-refractivity contribution < 1.29 is 23.0 Å². The Morgan fingerprint density at radius 2 is 2.14 bits per heavy atom. The van der Waals surface area contributed by atoms with Crippen LogP contribution in [0.4, 0.5) is 14.5 Å². The Morgan fingerprint density at radius 1 is 1.38 bits per heavy atom. The molecule has 3 rings (SSSR count). The highest BCUT2D eigenvalue weighted by Gasteiger charge is 2.43. The van der Waals surface area contributed by atoms with Gasteiger partial charge in [-0.1, -0.05) is 0 Å². The standard InChI is InChI=1S/C13H11F2N3O3/c1-8-16-4-5-18(8)7-12(19)17-9-2-3-10-11(6-9)21-13(14,15)20-10/h2-6H,7H2,1H3,(H,17,19). The van der Waals surface area contributed by atoms with Crippen molar-refractivity contribution in [3.8, 4) is 11.5 Å². The number of benzene rings is 1. The van der Waals surface area contributed by atoms with Gasteiger partial charge in [-0.2, -0.15) is 0 Å². The molecule has 2 aromatic rings. The zero-order chi connectivity index (χ0) is 15.0. The molecule has 0 fully saturated rings. The highest BCUT2D eigenvalue weighted by molar-refractivity contribution is 5.91. The monoisotopic (exact) mass is 295 g/mol. The van der Waals surface area contributed by atoms with Crippen molar-refractivity contribution in [1.82, 2.24) is 9.55 Å². The Morgan fingerprint density at radius 3 is 2.86 bits per heavy atom. The molecule has 110 valence electrons. The number of halogens is 2. The molecule has 0 aliphatic carbocycles. The molecule has 0 radical (unpaired) electrons. The number of aromatic nitrogens is 2. The van der Waals surface area contributed by atoms with Crippen LogP contribution in [0.3, 0.4) is 0 Å². The fourth-order valence-electron chi connectivity index (χ4n) is 1.95. The maximum atomic E-state index is 12.9. The molecule has 1 aliphatic heterocycles. The predicted molar refractivity (Wildman–Crippen MR) is 68.2 cm³/mol. The molecule has 0 atom stereocenters. The number of imidazole rings is 1. The van der Waals surface area contributed by atoms with Gasteiger partial charge >= 0.3 is 6.29 Å². The van der Waals surface area contributed by atoms with Gasteiger partial charge in [0, 0.05) is 24.1 Å². The van der Waals surface area contributed by atoms with Crippen LogP contribution in [0, 0.1) is 6.92 Å². The summed E-state index contributed by atoms with van der Waals surface area (Å²) in [6.07, 6.45) is -0.404. The maximum Gasteiger partial charge on any atom is 0.586 e. The van der Waals surface area contributed by atoms with Crippen molar-refractivity contribution >= 4 is 11.6 Å². The summed E-state index contributed by atoms with van der Waals surface area (Å²) in [6, 6.07) is 4.06. The van der Waals surface area contributed by atoms with Crippen LogP contribution in [0.2, 0.25) is 0 Å². The van der Waals surface area contributed by atoms with Gasteiger partial charge < -0.3 is 19.4 Å². The van der Waals surface area contributed by atoms with Crippen LogP contribution in [0.25, 0.3) is 0 Å². The summed E-state index contributed by atoms with van der Waals surface area (Å²) in [4.78, 5) is 15.9. The van der Waals surface area contributed by atoms with Gasteiger partial charge in [-0.15, -0.1) is 8.78 Å². The fourth-order valence-corrected chi connectivity index (χ4v) is 1.95. The van der Waals surface area contributed by atoms with Crippen molar-refractivity contribution in [1.29, 1.82) is 0 Å². The van der Waals surface area contributed by atoms with Crippen LogP contribution in [0.1, 0.15) is 5.82 Å². The highest BCUT2D eigenvalue weighted by atomic mass is 19.3. The molecule has 0 saturated carbocycles. The molecular weight excluding hydrogens is 284 g/mol. The molecule has 2 heterocycles. The lowest BCUT2D eigenvalue weighted by Crippen LogP contribution is -2.25. The first kappa shape index (κ1) is 13.3. The minimum Gasteiger partial charge on any atom is -0.395 e. The van der Waals surface area contributed by atoms with Crippen molar-refractivity contribution in [2.75, 3.05) is 5.32 Å². The van der Waals surface area contributed by atoms with E-state index in [2.05, 4.69) is 19.8 Å². The lowest BCUT2D eigenvalue weighted by atomic mass is 10.3. The molecule has 1 N–H and O–H groups in total. The summed E-state index contributed by atoms with van der Waals surface area (Å²) >= 11 is 0. The van der Waals surface area contributed by atoms with Crippen LogP contribution in [0.5, 0.6) is 11.5 Å². The molecule has 0 saturated heterocycles. The Balaban J connectivity index is 1.69. The van der Waals surface area contributed by atoms with Crippen LogP contribution < -0.4 is 14.8 Å². The van der Waals surface area contributed by atoms with E-state index in [0.717, 1.165) is 0 Å². The molecule has 0 bridgehead atoms. The summed E-state index contributed by atoms with van der Waals surface area (Å²) in [5.74, 6) is 0.220. The molecule has 1 aromatic heterocycles. The zero-order valence-corrected chi connectivity index (χ0v) is 11.0. The maximum absolute atomic E-state index is 12.9. The van der Waals surface area contributed by atoms with Crippen molar-refractivity contribution in [3.05, 3.63) is 36.4 Å². The van der Waals surface area contributed by atoms with Gasteiger partial charge in [-0.05, 0) is 19.1 Å². The highest BCUT2D eigenvalue weighted by Crippen LogP contribution is 2.42. The number of nitrogens with one attached hydrogen (secondary N) is 1. The number of hydrogen-bond acceptors (Lipinski definition) is 4. The lowest BCUT2D eigenvalue weighted by molar-refractivity contribution is -0.286. The lowest BCUT2D eigenvalue weighted by Gasteiger charge is -2.07. The van der Waals surface area contributed by atoms with E-state index in [4.69, 9.17) is 0 Å². The number of amides is 1. The van der Waals surface area contributed by atoms with E-state index < -0.39 is 6.29 Å². The molecule has 8 heteroatoms. The second-order valence-corrected chi connectivity index (χ2v) is 4.48. The van der Waals surface area contributed by atoms with Crippen LogP contribution in [0.15, 0.2) is 30.6 Å². The molecule has 1 aliphatic rings. The third kappa shape index (κ3) is 2.78. The second-order valence-electron chi connectivity index (χ2n) is 4.48. The molecule has 6 nitrogen and oxygen atoms in total. The minimum atomic E-state index is -3.67. The number of fused-ring (bicyclic) bond motifs is 1. The normalized spacial score (nSPS) is 15.0. The SMILES string of the molecule is Cc1nccn1CC(=O)Nc1ccc2c(c1)OC(F)(F)O2. The quantitative estimate of drug-likeness (QED) is 0.942. The van der Waals surface area contributed by atoms with Crippen molar-refractivity contribution in [2.45, 2.75) is 19.8 Å². The molecule has 0 spiro atoms. The third-order valence-electron chi connectivity index (χ3n) is 2.92. The van der Waals surface area contributed by atoms with Gasteiger partial charge in [0.15, 0.2) is 11.5 Å². The van der Waals surface area contributed by atoms with Crippen LogP contribution >= 0.6 is 0 Å². The van der Waals surface area contributed by atoms with Crippen LogP contribution in [-0.4, -0.2) is 21.8 Å². The Kier molecular flexibility index (Phi) is 3.00. The fraction of sp³-hybridized carbons (Fsp3) is 0.231. The summed E-state index contributed by atoms with van der Waals surface area (Å²) in [5, 5.41) is 2.60. The average molecular weight is 295 g/mol. The smallest absolute Gasteiger partial charge is 0.395 e. The molecule has 0 unspecified atom stereocenters. The number of rotatable bonds is 3. The topological polar surface area (TPSA) is 65.4 Å². The van der Waals surface area contributed by atoms with Crippen molar-refractivity contribution in [3.63, 3.8) is 0 Å². The van der Waals surface area contributed by atoms with Gasteiger partial charge in [0.25, 0.3) is 0 Å². The van der Waals surface area contributed by atoms with Gasteiger partial charge in [0.1, 0.15) is 12.4 Å². The zero-order valence-electron chi connectivity index (χ0n) is 11.0. The Bertz CT molecular complexity index is 700. The molecule has 1 amide bonds. The van der Waals surface area contributed by atoms with E-state index in [9.17, 15) is 13.6 Å². The minimum absolute atomic E-state index is 0.0662.